The molecule has 2 heteroatoms. The van der Waals surface area contributed by atoms with E-state index in [9.17, 15) is 0 Å². The predicted octanol–water partition coefficient (Wildman–Crippen LogP) is 3.50. The lowest BCUT2D eigenvalue weighted by Crippen LogP contribution is -2.44. The Bertz CT molecular complexity index is 495. The second kappa shape index (κ2) is 3.46. The van der Waals surface area contributed by atoms with E-state index in [1.54, 1.807) is 6.42 Å². The van der Waals surface area contributed by atoms with E-state index in [2.05, 4.69) is 17.4 Å². The fraction of sp³-hybridized carbons (Fsp3) is 0.765. The SMILES string of the molecule is Cc1ccc(CNC2C3CC4CC5CC2CC45C3)o1. The molecule has 4 aliphatic carbocycles. The predicted molar refractivity (Wildman–Crippen MR) is 73.6 cm³/mol. The number of hydrogen-bond donors (Lipinski definition) is 1. The van der Waals surface area contributed by atoms with Crippen LogP contribution in [-0.4, -0.2) is 6.04 Å². The normalized spacial score (nSPS) is 49.4. The van der Waals surface area contributed by atoms with Crippen LogP contribution in [0.15, 0.2) is 16.5 Å². The van der Waals surface area contributed by atoms with Gasteiger partial charge in [0.25, 0.3) is 0 Å². The van der Waals surface area contributed by atoms with Gasteiger partial charge in [-0.05, 0) is 80.2 Å². The van der Waals surface area contributed by atoms with Crippen LogP contribution in [0.5, 0.6) is 0 Å². The third kappa shape index (κ3) is 1.31. The first-order valence-electron chi connectivity index (χ1n) is 8.03. The first-order valence-corrected chi connectivity index (χ1v) is 8.03. The molecule has 3 bridgehead atoms. The molecule has 102 valence electrons. The van der Waals surface area contributed by atoms with Gasteiger partial charge in [-0.25, -0.2) is 0 Å². The Kier molecular flexibility index (Phi) is 2.00. The smallest absolute Gasteiger partial charge is 0.117 e. The van der Waals surface area contributed by atoms with E-state index < -0.39 is 0 Å². The minimum absolute atomic E-state index is 0.772. The highest BCUT2D eigenvalue weighted by molar-refractivity contribution is 5.19. The van der Waals surface area contributed by atoms with Crippen LogP contribution < -0.4 is 5.32 Å². The third-order valence-corrected chi connectivity index (χ3v) is 6.98. The lowest BCUT2D eigenvalue weighted by molar-refractivity contribution is -0.000570. The van der Waals surface area contributed by atoms with Gasteiger partial charge in [0.1, 0.15) is 11.5 Å². The second-order valence-corrected chi connectivity index (χ2v) is 7.68. The van der Waals surface area contributed by atoms with E-state index in [4.69, 9.17) is 4.42 Å². The Balaban J connectivity index is 1.34. The van der Waals surface area contributed by atoms with Crippen LogP contribution in [0, 0.1) is 36.0 Å². The molecule has 1 spiro atoms. The van der Waals surface area contributed by atoms with Crippen LogP contribution in [0.1, 0.15) is 43.6 Å². The summed E-state index contributed by atoms with van der Waals surface area (Å²) in [6.45, 7) is 2.95. The molecule has 0 amide bonds. The molecule has 5 rings (SSSR count). The van der Waals surface area contributed by atoms with E-state index >= 15 is 0 Å². The first-order chi connectivity index (χ1) is 9.24. The lowest BCUT2D eigenvalue weighted by Gasteiger charge is -2.49. The van der Waals surface area contributed by atoms with Crippen LogP contribution in [0.4, 0.5) is 0 Å². The molecule has 1 aromatic rings. The van der Waals surface area contributed by atoms with E-state index in [1.165, 1.54) is 25.7 Å². The van der Waals surface area contributed by atoms with Gasteiger partial charge in [0, 0.05) is 6.04 Å². The molecular formula is C17H23NO. The summed E-state index contributed by atoms with van der Waals surface area (Å²) in [6, 6.07) is 4.97. The number of nitrogens with one attached hydrogen (secondary N) is 1. The quantitative estimate of drug-likeness (QED) is 0.896. The molecule has 1 N–H and O–H groups in total. The van der Waals surface area contributed by atoms with Crippen molar-refractivity contribution >= 4 is 0 Å². The summed E-state index contributed by atoms with van der Waals surface area (Å²) in [5.74, 6) is 6.27. The van der Waals surface area contributed by atoms with E-state index in [1.807, 2.05) is 6.92 Å². The monoisotopic (exact) mass is 257 g/mol. The molecule has 4 aliphatic rings. The third-order valence-electron chi connectivity index (χ3n) is 6.98. The average Bonchev–Trinajstić information content (AvgIpc) is 2.96. The standard InChI is InChI=1S/C17H23NO/c1-10-2-3-15(19-10)9-18-16-11-4-13-6-14-5-12(16)8-17(13,14)7-11/h2-3,11-14,16,18H,4-9H2,1H3. The number of fused-ring (bicyclic) bond motifs is 2. The van der Waals surface area contributed by atoms with Gasteiger partial charge in [-0.2, -0.15) is 0 Å². The molecule has 0 saturated heterocycles. The van der Waals surface area contributed by atoms with E-state index in [0.29, 0.717) is 0 Å². The first kappa shape index (κ1) is 11.0. The van der Waals surface area contributed by atoms with Gasteiger partial charge < -0.3 is 9.73 Å². The fourth-order valence-corrected chi connectivity index (χ4v) is 6.34. The maximum absolute atomic E-state index is 5.70. The summed E-state index contributed by atoms with van der Waals surface area (Å²) in [7, 11) is 0. The van der Waals surface area contributed by atoms with Gasteiger partial charge in [-0.3, -0.25) is 0 Å². The Morgan fingerprint density at radius 3 is 2.53 bits per heavy atom. The zero-order chi connectivity index (χ0) is 12.6. The van der Waals surface area contributed by atoms with Crippen LogP contribution in [0.3, 0.4) is 0 Å². The molecule has 4 saturated carbocycles. The number of furan rings is 1. The maximum Gasteiger partial charge on any atom is 0.117 e. The maximum atomic E-state index is 5.70. The molecule has 2 nitrogen and oxygen atoms in total. The summed E-state index contributed by atoms with van der Waals surface area (Å²) in [5, 5.41) is 3.85. The Morgan fingerprint density at radius 1 is 1.16 bits per heavy atom. The second-order valence-electron chi connectivity index (χ2n) is 7.68. The average molecular weight is 257 g/mol. The van der Waals surface area contributed by atoms with Crippen molar-refractivity contribution in [3.63, 3.8) is 0 Å². The molecule has 0 aliphatic heterocycles. The molecule has 4 unspecified atom stereocenters. The minimum atomic E-state index is 0.772. The minimum Gasteiger partial charge on any atom is -0.465 e. The van der Waals surface area contributed by atoms with Crippen molar-refractivity contribution in [2.24, 2.45) is 29.1 Å². The summed E-state index contributed by atoms with van der Waals surface area (Å²) >= 11 is 0. The molecule has 0 aromatic carbocycles. The highest BCUT2D eigenvalue weighted by Crippen LogP contribution is 2.75. The lowest BCUT2D eigenvalue weighted by atomic mass is 9.56. The Hall–Kier alpha value is -0.760. The zero-order valence-corrected chi connectivity index (χ0v) is 11.7. The summed E-state index contributed by atoms with van der Waals surface area (Å²) < 4.78 is 5.70. The Labute approximate surface area is 114 Å². The van der Waals surface area contributed by atoms with E-state index in [0.717, 1.165) is 53.2 Å². The number of aryl methyl sites for hydroxylation is 1. The number of rotatable bonds is 3. The van der Waals surface area contributed by atoms with Crippen molar-refractivity contribution in [1.82, 2.24) is 5.32 Å². The molecule has 0 radical (unpaired) electrons. The molecular weight excluding hydrogens is 234 g/mol. The van der Waals surface area contributed by atoms with Gasteiger partial charge in [-0.15, -0.1) is 0 Å². The molecule has 4 fully saturated rings. The Morgan fingerprint density at radius 2 is 1.89 bits per heavy atom. The molecule has 1 heterocycles. The zero-order valence-electron chi connectivity index (χ0n) is 11.7. The van der Waals surface area contributed by atoms with Gasteiger partial charge in [-0.1, -0.05) is 0 Å². The van der Waals surface area contributed by atoms with Gasteiger partial charge in [0.05, 0.1) is 6.54 Å². The van der Waals surface area contributed by atoms with Crippen molar-refractivity contribution in [3.05, 3.63) is 23.7 Å². The molecule has 1 aromatic heterocycles. The van der Waals surface area contributed by atoms with Crippen molar-refractivity contribution in [3.8, 4) is 0 Å². The van der Waals surface area contributed by atoms with Crippen molar-refractivity contribution in [1.29, 1.82) is 0 Å². The van der Waals surface area contributed by atoms with Gasteiger partial charge >= 0.3 is 0 Å². The van der Waals surface area contributed by atoms with Crippen LogP contribution in [-0.2, 0) is 6.54 Å². The van der Waals surface area contributed by atoms with Gasteiger partial charge in [0.2, 0.25) is 0 Å². The van der Waals surface area contributed by atoms with Crippen LogP contribution >= 0.6 is 0 Å². The molecule has 19 heavy (non-hydrogen) atoms. The fourth-order valence-electron chi connectivity index (χ4n) is 6.34. The van der Waals surface area contributed by atoms with Crippen molar-refractivity contribution < 1.29 is 4.42 Å². The molecule has 4 atom stereocenters. The number of hydrogen-bond acceptors (Lipinski definition) is 2. The largest absolute Gasteiger partial charge is 0.465 e. The highest BCUT2D eigenvalue weighted by Gasteiger charge is 2.68. The van der Waals surface area contributed by atoms with Crippen molar-refractivity contribution in [2.75, 3.05) is 0 Å². The van der Waals surface area contributed by atoms with Crippen molar-refractivity contribution in [2.45, 2.75) is 51.6 Å². The van der Waals surface area contributed by atoms with E-state index in [-0.39, 0.29) is 0 Å². The summed E-state index contributed by atoms with van der Waals surface area (Å²) in [4.78, 5) is 0. The summed E-state index contributed by atoms with van der Waals surface area (Å²) in [6.07, 6.45) is 7.67. The highest BCUT2D eigenvalue weighted by atomic mass is 16.3. The van der Waals surface area contributed by atoms with Crippen LogP contribution in [0.25, 0.3) is 0 Å². The van der Waals surface area contributed by atoms with Gasteiger partial charge in [0.15, 0.2) is 0 Å². The van der Waals surface area contributed by atoms with Crippen LogP contribution in [0.2, 0.25) is 0 Å². The topological polar surface area (TPSA) is 25.2 Å². The summed E-state index contributed by atoms with van der Waals surface area (Å²) in [5.41, 5.74) is 0.842.